The Morgan fingerprint density at radius 2 is 1.88 bits per heavy atom. The summed E-state index contributed by atoms with van der Waals surface area (Å²) in [6.07, 6.45) is 6.67. The van der Waals surface area contributed by atoms with E-state index in [9.17, 15) is 4.79 Å². The quantitative estimate of drug-likeness (QED) is 0.661. The molecular formula is C21H20N2O. The Kier molecular flexibility index (Phi) is 3.69. The van der Waals surface area contributed by atoms with Gasteiger partial charge in [0.1, 0.15) is 0 Å². The smallest absolute Gasteiger partial charge is 0.246 e. The molecule has 1 aliphatic heterocycles. The molecule has 0 radical (unpaired) electrons. The molecule has 2 aromatic carbocycles. The van der Waals surface area contributed by atoms with Gasteiger partial charge in [0.15, 0.2) is 0 Å². The van der Waals surface area contributed by atoms with Crippen molar-refractivity contribution in [3.63, 3.8) is 0 Å². The minimum Gasteiger partial charge on any atom is -0.350 e. The highest BCUT2D eigenvalue weighted by Gasteiger charge is 2.20. The number of rotatable bonds is 2. The predicted octanol–water partition coefficient (Wildman–Crippen LogP) is 3.78. The van der Waals surface area contributed by atoms with Crippen LogP contribution in [0.4, 0.5) is 0 Å². The van der Waals surface area contributed by atoms with Crippen molar-refractivity contribution in [1.29, 1.82) is 0 Å². The van der Waals surface area contributed by atoms with Crippen molar-refractivity contribution >= 4 is 22.9 Å². The summed E-state index contributed by atoms with van der Waals surface area (Å²) < 4.78 is 2.18. The van der Waals surface area contributed by atoms with E-state index in [1.807, 2.05) is 41.3 Å². The molecule has 0 unspecified atom stereocenters. The largest absolute Gasteiger partial charge is 0.350 e. The third-order valence-electron chi connectivity index (χ3n) is 4.72. The molecule has 0 spiro atoms. The van der Waals surface area contributed by atoms with Crippen LogP contribution in [0.3, 0.4) is 0 Å². The highest BCUT2D eigenvalue weighted by Crippen LogP contribution is 2.28. The maximum Gasteiger partial charge on any atom is 0.246 e. The molecule has 120 valence electrons. The van der Waals surface area contributed by atoms with Gasteiger partial charge < -0.3 is 9.47 Å². The Morgan fingerprint density at radius 3 is 2.71 bits per heavy atom. The van der Waals surface area contributed by atoms with Crippen LogP contribution < -0.4 is 0 Å². The van der Waals surface area contributed by atoms with Crippen LogP contribution in [0.15, 0.2) is 60.8 Å². The summed E-state index contributed by atoms with van der Waals surface area (Å²) in [4.78, 5) is 14.6. The van der Waals surface area contributed by atoms with Crippen LogP contribution in [0.5, 0.6) is 0 Å². The van der Waals surface area contributed by atoms with Gasteiger partial charge in [0.25, 0.3) is 0 Å². The second kappa shape index (κ2) is 6.00. The van der Waals surface area contributed by atoms with Crippen LogP contribution in [-0.2, 0) is 24.8 Å². The summed E-state index contributed by atoms with van der Waals surface area (Å²) in [6, 6.07) is 16.3. The zero-order valence-corrected chi connectivity index (χ0v) is 13.8. The molecule has 0 saturated heterocycles. The highest BCUT2D eigenvalue weighted by atomic mass is 16.2. The van der Waals surface area contributed by atoms with Gasteiger partial charge in [0.05, 0.1) is 0 Å². The van der Waals surface area contributed by atoms with E-state index in [0.717, 1.165) is 18.5 Å². The monoisotopic (exact) mass is 316 g/mol. The minimum absolute atomic E-state index is 0.0744. The van der Waals surface area contributed by atoms with Crippen LogP contribution in [0.2, 0.25) is 0 Å². The second-order valence-electron chi connectivity index (χ2n) is 6.33. The minimum atomic E-state index is 0.0744. The van der Waals surface area contributed by atoms with E-state index in [-0.39, 0.29) is 5.91 Å². The fourth-order valence-electron chi connectivity index (χ4n) is 3.51. The number of carbonyl (C=O) groups is 1. The number of carbonyl (C=O) groups excluding carboxylic acids is 1. The maximum atomic E-state index is 12.6. The van der Waals surface area contributed by atoms with E-state index in [1.54, 1.807) is 6.08 Å². The van der Waals surface area contributed by atoms with Crippen molar-refractivity contribution in [2.45, 2.75) is 13.0 Å². The van der Waals surface area contributed by atoms with E-state index in [2.05, 4.69) is 36.0 Å². The topological polar surface area (TPSA) is 25.2 Å². The second-order valence-corrected chi connectivity index (χ2v) is 6.33. The number of aromatic nitrogens is 1. The maximum absolute atomic E-state index is 12.6. The SMILES string of the molecule is Cn1cc2c3c(cccc31)CN(C(=O)C=Cc1ccccc1)CC2. The van der Waals surface area contributed by atoms with Crippen LogP contribution in [0, 0.1) is 0 Å². The molecule has 1 amide bonds. The standard InChI is InChI=1S/C21H20N2O/c1-22-14-18-12-13-23(15-17-8-5-9-19(22)21(17)18)20(24)11-10-16-6-3-2-4-7-16/h2-11,14H,12-13,15H2,1H3. The van der Waals surface area contributed by atoms with E-state index in [0.29, 0.717) is 6.54 Å². The molecule has 0 aliphatic carbocycles. The molecular weight excluding hydrogens is 296 g/mol. The molecule has 2 heterocycles. The van der Waals surface area contributed by atoms with Crippen molar-refractivity contribution in [3.05, 3.63) is 77.5 Å². The number of amides is 1. The molecule has 1 aliphatic rings. The van der Waals surface area contributed by atoms with Crippen molar-refractivity contribution in [2.24, 2.45) is 7.05 Å². The Hall–Kier alpha value is -2.81. The highest BCUT2D eigenvalue weighted by molar-refractivity contribution is 5.93. The van der Waals surface area contributed by atoms with Gasteiger partial charge in [-0.05, 0) is 35.3 Å². The van der Waals surface area contributed by atoms with Crippen LogP contribution in [0.25, 0.3) is 17.0 Å². The summed E-state index contributed by atoms with van der Waals surface area (Å²) >= 11 is 0. The summed E-state index contributed by atoms with van der Waals surface area (Å²) in [5, 5.41) is 1.32. The van der Waals surface area contributed by atoms with Gasteiger partial charge in [-0.2, -0.15) is 0 Å². The van der Waals surface area contributed by atoms with Gasteiger partial charge in [-0.25, -0.2) is 0 Å². The lowest BCUT2D eigenvalue weighted by Gasteiger charge is -2.19. The van der Waals surface area contributed by atoms with Gasteiger partial charge in [0, 0.05) is 43.3 Å². The summed E-state index contributed by atoms with van der Waals surface area (Å²) in [7, 11) is 2.09. The van der Waals surface area contributed by atoms with Crippen LogP contribution in [-0.4, -0.2) is 21.9 Å². The Labute approximate surface area is 141 Å². The Balaban J connectivity index is 1.60. The lowest BCUT2D eigenvalue weighted by atomic mass is 10.1. The van der Waals surface area contributed by atoms with Gasteiger partial charge >= 0.3 is 0 Å². The molecule has 0 atom stereocenters. The number of hydrogen-bond acceptors (Lipinski definition) is 1. The lowest BCUT2D eigenvalue weighted by Crippen LogP contribution is -2.29. The molecule has 3 heteroatoms. The first-order valence-corrected chi connectivity index (χ1v) is 8.30. The molecule has 0 bridgehead atoms. The summed E-state index contributed by atoms with van der Waals surface area (Å²) in [6.45, 7) is 1.43. The molecule has 0 N–H and O–H groups in total. The van der Waals surface area contributed by atoms with Crippen molar-refractivity contribution in [2.75, 3.05) is 6.54 Å². The number of aryl methyl sites for hydroxylation is 1. The predicted molar refractivity (Wildman–Crippen MR) is 97.5 cm³/mol. The average Bonchev–Trinajstić information content (AvgIpc) is 2.82. The van der Waals surface area contributed by atoms with Gasteiger partial charge in [-0.1, -0.05) is 42.5 Å². The number of benzene rings is 2. The Bertz CT molecular complexity index is 922. The summed E-state index contributed by atoms with van der Waals surface area (Å²) in [5.41, 5.74) is 4.87. The molecule has 4 rings (SSSR count). The van der Waals surface area contributed by atoms with Crippen molar-refractivity contribution in [3.8, 4) is 0 Å². The first-order chi connectivity index (χ1) is 11.7. The molecule has 3 aromatic rings. The fraction of sp³-hybridized carbons (Fsp3) is 0.190. The average molecular weight is 316 g/mol. The molecule has 3 nitrogen and oxygen atoms in total. The normalized spacial score (nSPS) is 14.3. The zero-order valence-electron chi connectivity index (χ0n) is 13.8. The Morgan fingerprint density at radius 1 is 1.04 bits per heavy atom. The molecule has 0 fully saturated rings. The van der Waals surface area contributed by atoms with Gasteiger partial charge in [0.2, 0.25) is 5.91 Å². The number of nitrogens with zero attached hydrogens (tertiary/aromatic N) is 2. The zero-order chi connectivity index (χ0) is 16.5. The van der Waals surface area contributed by atoms with Crippen LogP contribution in [0.1, 0.15) is 16.7 Å². The first-order valence-electron chi connectivity index (χ1n) is 8.30. The fourth-order valence-corrected chi connectivity index (χ4v) is 3.51. The third kappa shape index (κ3) is 2.62. The van der Waals surface area contributed by atoms with E-state index < -0.39 is 0 Å². The van der Waals surface area contributed by atoms with E-state index in [1.165, 1.54) is 22.0 Å². The third-order valence-corrected chi connectivity index (χ3v) is 4.72. The van der Waals surface area contributed by atoms with Crippen molar-refractivity contribution < 1.29 is 4.79 Å². The first kappa shape index (κ1) is 14.8. The van der Waals surface area contributed by atoms with E-state index >= 15 is 0 Å². The van der Waals surface area contributed by atoms with Gasteiger partial charge in [-0.3, -0.25) is 4.79 Å². The summed E-state index contributed by atoms with van der Waals surface area (Å²) in [5.74, 6) is 0.0744. The van der Waals surface area contributed by atoms with E-state index in [4.69, 9.17) is 0 Å². The van der Waals surface area contributed by atoms with Crippen LogP contribution >= 0.6 is 0 Å². The lowest BCUT2D eigenvalue weighted by molar-refractivity contribution is -0.126. The number of hydrogen-bond donors (Lipinski definition) is 0. The molecule has 1 aromatic heterocycles. The van der Waals surface area contributed by atoms with Gasteiger partial charge in [-0.15, -0.1) is 0 Å². The molecule has 0 saturated carbocycles. The molecule has 24 heavy (non-hydrogen) atoms. The van der Waals surface area contributed by atoms with Crippen molar-refractivity contribution in [1.82, 2.24) is 9.47 Å².